The van der Waals surface area contributed by atoms with Crippen LogP contribution in [0.2, 0.25) is 0 Å². The average Bonchev–Trinajstić information content (AvgIpc) is 2.11. The van der Waals surface area contributed by atoms with Crippen LogP contribution >= 0.6 is 0 Å². The van der Waals surface area contributed by atoms with Crippen LogP contribution < -0.4 is 5.32 Å². The Labute approximate surface area is 70.2 Å². The summed E-state index contributed by atoms with van der Waals surface area (Å²) in [6, 6.07) is 3.99. The predicted octanol–water partition coefficient (Wildman–Crippen LogP) is 2.07. The van der Waals surface area contributed by atoms with Crippen molar-refractivity contribution in [1.29, 1.82) is 0 Å². The van der Waals surface area contributed by atoms with Crippen molar-refractivity contribution in [1.82, 2.24) is 10.3 Å². The molecule has 1 N–H and O–H groups in total. The van der Waals surface area contributed by atoms with Gasteiger partial charge in [-0.05, 0) is 24.7 Å². The summed E-state index contributed by atoms with van der Waals surface area (Å²) in [6.45, 7) is 4.92. The molecule has 64 valence electrons. The molecule has 1 aromatic rings. The first-order valence-corrected chi connectivity index (χ1v) is 3.97. The van der Waals surface area contributed by atoms with Crippen molar-refractivity contribution < 1.29 is 1.43 Å². The van der Waals surface area contributed by atoms with E-state index in [1.54, 1.807) is 12.4 Å². The van der Waals surface area contributed by atoms with Gasteiger partial charge in [0.2, 0.25) is 0 Å². The van der Waals surface area contributed by atoms with Crippen molar-refractivity contribution in [2.45, 2.75) is 20.4 Å². The van der Waals surface area contributed by atoms with Gasteiger partial charge in [-0.2, -0.15) is 0 Å². The highest BCUT2D eigenvalue weighted by atomic mass is 14.8. The van der Waals surface area contributed by atoms with Gasteiger partial charge in [0.25, 0.3) is 0 Å². The molecule has 0 radical (unpaired) electrons. The van der Waals surface area contributed by atoms with Crippen LogP contribution in [0.25, 0.3) is 0 Å². The summed E-state index contributed by atoms with van der Waals surface area (Å²) < 4.78 is 0. The van der Waals surface area contributed by atoms with E-state index in [1.165, 1.54) is 5.56 Å². The molecule has 2 nitrogen and oxygen atoms in total. The van der Waals surface area contributed by atoms with E-state index in [9.17, 15) is 0 Å². The Balaban J connectivity index is 0. The van der Waals surface area contributed by atoms with E-state index in [2.05, 4.69) is 10.3 Å². The minimum absolute atomic E-state index is 0. The van der Waals surface area contributed by atoms with Crippen LogP contribution in [-0.2, 0) is 6.54 Å². The Kier molecular flexibility index (Phi) is 6.64. The van der Waals surface area contributed by atoms with E-state index >= 15 is 0 Å². The van der Waals surface area contributed by atoms with Gasteiger partial charge in [0.15, 0.2) is 0 Å². The quantitative estimate of drug-likeness (QED) is 0.705. The minimum Gasteiger partial charge on any atom is -0.316 e. The number of rotatable bonds is 2. The van der Waals surface area contributed by atoms with Crippen molar-refractivity contribution in [2.24, 2.45) is 0 Å². The van der Waals surface area contributed by atoms with Gasteiger partial charge in [0.1, 0.15) is 0 Å². The van der Waals surface area contributed by atoms with Crippen molar-refractivity contribution in [3.8, 4) is 0 Å². The van der Waals surface area contributed by atoms with Crippen LogP contribution in [0.5, 0.6) is 0 Å². The number of hydrogen-bond acceptors (Lipinski definition) is 2. The molecule has 0 unspecified atom stereocenters. The van der Waals surface area contributed by atoms with Crippen LogP contribution in [0.1, 0.15) is 20.8 Å². The molecule has 0 aliphatic heterocycles. The van der Waals surface area contributed by atoms with E-state index in [0.717, 1.165) is 6.54 Å². The largest absolute Gasteiger partial charge is 0.316 e. The first kappa shape index (κ1) is 10.1. The van der Waals surface area contributed by atoms with Crippen molar-refractivity contribution in [3.05, 3.63) is 30.1 Å². The van der Waals surface area contributed by atoms with Gasteiger partial charge in [0.05, 0.1) is 0 Å². The number of nitrogens with zero attached hydrogens (tertiary/aromatic N) is 1. The standard InChI is InChI=1S/C7H10N2.C2H6.H2/c1-8-6-7-2-4-9-5-3-7;1-2;/h2-5,8H,6H2,1H3;1-2H3;1H. The lowest BCUT2D eigenvalue weighted by molar-refractivity contribution is 0.816. The highest BCUT2D eigenvalue weighted by Gasteiger charge is 1.84. The van der Waals surface area contributed by atoms with E-state index in [1.807, 2.05) is 33.0 Å². The van der Waals surface area contributed by atoms with Crippen molar-refractivity contribution in [2.75, 3.05) is 7.05 Å². The fraction of sp³-hybridized carbons (Fsp3) is 0.444. The van der Waals surface area contributed by atoms with Crippen LogP contribution in [-0.4, -0.2) is 12.0 Å². The monoisotopic (exact) mass is 154 g/mol. The van der Waals surface area contributed by atoms with E-state index in [-0.39, 0.29) is 1.43 Å². The van der Waals surface area contributed by atoms with E-state index < -0.39 is 0 Å². The van der Waals surface area contributed by atoms with Crippen LogP contribution in [0.4, 0.5) is 0 Å². The molecule has 0 aromatic carbocycles. The molecule has 0 spiro atoms. The summed E-state index contributed by atoms with van der Waals surface area (Å²) in [7, 11) is 1.93. The van der Waals surface area contributed by atoms with Gasteiger partial charge in [-0.3, -0.25) is 4.98 Å². The first-order chi connectivity index (χ1) is 5.43. The molecule has 11 heavy (non-hydrogen) atoms. The molecule has 0 aliphatic rings. The number of pyridine rings is 1. The fourth-order valence-corrected chi connectivity index (χ4v) is 0.705. The second-order valence-corrected chi connectivity index (χ2v) is 1.89. The summed E-state index contributed by atoms with van der Waals surface area (Å²) in [5.74, 6) is 0. The van der Waals surface area contributed by atoms with Crippen LogP contribution in [0.15, 0.2) is 24.5 Å². The normalized spacial score (nSPS) is 8.27. The highest BCUT2D eigenvalue weighted by Crippen LogP contribution is 1.92. The molecular formula is C9H18N2. The molecule has 0 amide bonds. The lowest BCUT2D eigenvalue weighted by Gasteiger charge is -1.95. The molecule has 0 atom stereocenters. The zero-order chi connectivity index (χ0) is 8.53. The Morgan fingerprint density at radius 3 is 2.36 bits per heavy atom. The first-order valence-electron chi connectivity index (χ1n) is 3.97. The highest BCUT2D eigenvalue weighted by molar-refractivity contribution is 5.08. The summed E-state index contributed by atoms with van der Waals surface area (Å²) in [4.78, 5) is 3.90. The van der Waals surface area contributed by atoms with Crippen LogP contribution in [0, 0.1) is 0 Å². The zero-order valence-corrected chi connectivity index (χ0v) is 7.46. The molecule has 0 aliphatic carbocycles. The lowest BCUT2D eigenvalue weighted by atomic mass is 10.3. The second-order valence-electron chi connectivity index (χ2n) is 1.89. The Hall–Kier alpha value is -0.890. The summed E-state index contributed by atoms with van der Waals surface area (Å²) in [6.07, 6.45) is 3.60. The maximum atomic E-state index is 3.90. The molecule has 0 saturated carbocycles. The zero-order valence-electron chi connectivity index (χ0n) is 7.46. The molecule has 2 heteroatoms. The van der Waals surface area contributed by atoms with Gasteiger partial charge in [-0.15, -0.1) is 0 Å². The average molecular weight is 154 g/mol. The fourth-order valence-electron chi connectivity index (χ4n) is 0.705. The molecule has 0 fully saturated rings. The third-order valence-corrected chi connectivity index (χ3v) is 1.13. The molecule has 1 aromatic heterocycles. The van der Waals surface area contributed by atoms with Crippen molar-refractivity contribution >= 4 is 0 Å². The lowest BCUT2D eigenvalue weighted by Crippen LogP contribution is -2.04. The van der Waals surface area contributed by atoms with Gasteiger partial charge < -0.3 is 5.32 Å². The van der Waals surface area contributed by atoms with Gasteiger partial charge in [-0.25, -0.2) is 0 Å². The van der Waals surface area contributed by atoms with Gasteiger partial charge >= 0.3 is 0 Å². The number of aromatic nitrogens is 1. The Bertz CT molecular complexity index is 165. The number of hydrogen-bond donors (Lipinski definition) is 1. The third-order valence-electron chi connectivity index (χ3n) is 1.13. The predicted molar refractivity (Wildman–Crippen MR) is 50.5 cm³/mol. The molecule has 0 bridgehead atoms. The van der Waals surface area contributed by atoms with E-state index in [0.29, 0.717) is 0 Å². The topological polar surface area (TPSA) is 24.9 Å². The molecular weight excluding hydrogens is 136 g/mol. The maximum Gasteiger partial charge on any atom is 0.0271 e. The molecule has 0 saturated heterocycles. The van der Waals surface area contributed by atoms with Crippen LogP contribution in [0.3, 0.4) is 0 Å². The Morgan fingerprint density at radius 2 is 1.91 bits per heavy atom. The Morgan fingerprint density at radius 1 is 1.36 bits per heavy atom. The third kappa shape index (κ3) is 4.51. The molecule has 1 rings (SSSR count). The SMILES string of the molecule is CC.CNCc1ccncc1.[HH]. The van der Waals surface area contributed by atoms with Gasteiger partial charge in [-0.1, -0.05) is 13.8 Å². The van der Waals surface area contributed by atoms with Gasteiger partial charge in [0, 0.05) is 20.4 Å². The van der Waals surface area contributed by atoms with E-state index in [4.69, 9.17) is 0 Å². The minimum atomic E-state index is 0. The summed E-state index contributed by atoms with van der Waals surface area (Å²) >= 11 is 0. The van der Waals surface area contributed by atoms with Crippen molar-refractivity contribution in [3.63, 3.8) is 0 Å². The second kappa shape index (κ2) is 7.22. The number of nitrogens with one attached hydrogen (secondary N) is 1. The maximum absolute atomic E-state index is 3.90. The summed E-state index contributed by atoms with van der Waals surface area (Å²) in [5.41, 5.74) is 1.27. The smallest absolute Gasteiger partial charge is 0.0271 e. The summed E-state index contributed by atoms with van der Waals surface area (Å²) in [5, 5.41) is 3.06. The molecule has 1 heterocycles.